The maximum absolute atomic E-state index is 12.1. The maximum atomic E-state index is 12.1. The van der Waals surface area contributed by atoms with Crippen LogP contribution in [0.15, 0.2) is 29.2 Å². The number of amides is 2. The van der Waals surface area contributed by atoms with Gasteiger partial charge in [0, 0.05) is 43.4 Å². The van der Waals surface area contributed by atoms with Crippen LogP contribution in [0.4, 0.5) is 5.95 Å². The summed E-state index contributed by atoms with van der Waals surface area (Å²) in [4.78, 5) is 33.6. The predicted octanol–water partition coefficient (Wildman–Crippen LogP) is 0.431. The highest BCUT2D eigenvalue weighted by Gasteiger charge is 2.56. The van der Waals surface area contributed by atoms with E-state index in [0.29, 0.717) is 29.8 Å². The molecule has 124 valence electrons. The van der Waals surface area contributed by atoms with E-state index in [2.05, 4.69) is 20.2 Å². The SMILES string of the molecule is NC(=O)c1cnc(N2CC3C(C2)C3NC(=O)Cc2ccsc2)nc1. The van der Waals surface area contributed by atoms with Crippen LogP contribution in [0.2, 0.25) is 0 Å². The first-order chi connectivity index (χ1) is 11.6. The predicted molar refractivity (Wildman–Crippen MR) is 89.7 cm³/mol. The number of aromatic nitrogens is 2. The molecule has 8 heteroatoms. The summed E-state index contributed by atoms with van der Waals surface area (Å²) < 4.78 is 0. The number of rotatable bonds is 5. The van der Waals surface area contributed by atoms with E-state index in [9.17, 15) is 9.59 Å². The Labute approximate surface area is 142 Å². The summed E-state index contributed by atoms with van der Waals surface area (Å²) >= 11 is 1.60. The highest BCUT2D eigenvalue weighted by molar-refractivity contribution is 7.08. The molecule has 1 aliphatic carbocycles. The van der Waals surface area contributed by atoms with Crippen LogP contribution < -0.4 is 16.0 Å². The number of nitrogens with one attached hydrogen (secondary N) is 1. The van der Waals surface area contributed by atoms with E-state index in [-0.39, 0.29) is 11.9 Å². The Bertz CT molecular complexity index is 749. The van der Waals surface area contributed by atoms with E-state index in [1.165, 1.54) is 12.4 Å². The molecule has 2 aromatic heterocycles. The fraction of sp³-hybridized carbons (Fsp3) is 0.375. The van der Waals surface area contributed by atoms with E-state index in [0.717, 1.165) is 18.7 Å². The molecule has 1 aliphatic heterocycles. The molecule has 0 radical (unpaired) electrons. The van der Waals surface area contributed by atoms with Crippen LogP contribution in [-0.2, 0) is 11.2 Å². The second kappa shape index (κ2) is 5.86. The van der Waals surface area contributed by atoms with Gasteiger partial charge in [-0.2, -0.15) is 11.3 Å². The number of fused-ring (bicyclic) bond motifs is 1. The molecule has 1 saturated heterocycles. The van der Waals surface area contributed by atoms with E-state index in [1.807, 2.05) is 16.8 Å². The van der Waals surface area contributed by atoms with Gasteiger partial charge in [0.05, 0.1) is 12.0 Å². The van der Waals surface area contributed by atoms with Gasteiger partial charge in [0.2, 0.25) is 11.9 Å². The third-order valence-corrected chi connectivity index (χ3v) is 5.40. The normalized spacial score (nSPS) is 24.5. The molecular formula is C16H17N5O2S. The van der Waals surface area contributed by atoms with Gasteiger partial charge >= 0.3 is 0 Å². The van der Waals surface area contributed by atoms with Crippen molar-refractivity contribution in [1.82, 2.24) is 15.3 Å². The number of thiophene rings is 1. The molecule has 0 spiro atoms. The molecule has 24 heavy (non-hydrogen) atoms. The monoisotopic (exact) mass is 343 g/mol. The molecule has 4 rings (SSSR count). The quantitative estimate of drug-likeness (QED) is 0.820. The molecule has 2 fully saturated rings. The Morgan fingerprint density at radius 3 is 2.58 bits per heavy atom. The van der Waals surface area contributed by atoms with Gasteiger partial charge in [-0.25, -0.2) is 9.97 Å². The van der Waals surface area contributed by atoms with Gasteiger partial charge in [-0.1, -0.05) is 0 Å². The van der Waals surface area contributed by atoms with E-state index in [1.54, 1.807) is 11.3 Å². The summed E-state index contributed by atoms with van der Waals surface area (Å²) in [6.45, 7) is 1.65. The van der Waals surface area contributed by atoms with Gasteiger partial charge in [0.15, 0.2) is 0 Å². The van der Waals surface area contributed by atoms with E-state index >= 15 is 0 Å². The molecule has 2 aromatic rings. The Kier molecular flexibility index (Phi) is 3.68. The van der Waals surface area contributed by atoms with Crippen molar-refractivity contribution in [2.24, 2.45) is 17.6 Å². The summed E-state index contributed by atoms with van der Waals surface area (Å²) in [5, 5.41) is 7.11. The molecule has 0 bridgehead atoms. The lowest BCUT2D eigenvalue weighted by Gasteiger charge is -2.20. The maximum Gasteiger partial charge on any atom is 0.251 e. The Balaban J connectivity index is 1.29. The van der Waals surface area contributed by atoms with Crippen LogP contribution in [0.25, 0.3) is 0 Å². The first kappa shape index (κ1) is 15.1. The second-order valence-electron chi connectivity index (χ2n) is 6.27. The lowest BCUT2D eigenvalue weighted by atomic mass is 10.2. The molecule has 7 nitrogen and oxygen atoms in total. The standard InChI is InChI=1S/C16H17N5O2S/c17-15(23)10-4-18-16(19-5-10)21-6-11-12(7-21)14(11)20-13(22)3-9-1-2-24-8-9/h1-2,4-5,8,11-12,14H,3,6-7H2,(H2,17,23)(H,20,22). The number of carbonyl (C=O) groups excluding carboxylic acids is 2. The van der Waals surface area contributed by atoms with Gasteiger partial charge < -0.3 is 16.0 Å². The van der Waals surface area contributed by atoms with Gasteiger partial charge in [-0.05, 0) is 22.4 Å². The van der Waals surface area contributed by atoms with Gasteiger partial charge in [-0.3, -0.25) is 9.59 Å². The largest absolute Gasteiger partial charge is 0.366 e. The number of anilines is 1. The van der Waals surface area contributed by atoms with Gasteiger partial charge in [-0.15, -0.1) is 0 Å². The third kappa shape index (κ3) is 2.84. The minimum absolute atomic E-state index is 0.0846. The zero-order valence-electron chi connectivity index (χ0n) is 12.9. The molecule has 1 saturated carbocycles. The van der Waals surface area contributed by atoms with Crippen LogP contribution >= 0.6 is 11.3 Å². The summed E-state index contributed by atoms with van der Waals surface area (Å²) in [5.41, 5.74) is 6.56. The van der Waals surface area contributed by atoms with Crippen LogP contribution in [0, 0.1) is 11.8 Å². The molecule has 2 atom stereocenters. The zero-order valence-corrected chi connectivity index (χ0v) is 13.7. The number of carbonyl (C=O) groups is 2. The van der Waals surface area contributed by atoms with Gasteiger partial charge in [0.1, 0.15) is 0 Å². The average Bonchev–Trinajstić information content (AvgIpc) is 3.00. The number of primary amides is 1. The molecule has 2 amide bonds. The fourth-order valence-electron chi connectivity index (χ4n) is 3.33. The van der Waals surface area contributed by atoms with Crippen LogP contribution in [0.5, 0.6) is 0 Å². The third-order valence-electron chi connectivity index (χ3n) is 4.67. The first-order valence-electron chi connectivity index (χ1n) is 7.79. The number of nitrogens with two attached hydrogens (primary N) is 1. The Hall–Kier alpha value is -2.48. The van der Waals surface area contributed by atoms with Gasteiger partial charge in [0.25, 0.3) is 5.91 Å². The molecular weight excluding hydrogens is 326 g/mol. The van der Waals surface area contributed by atoms with Crippen LogP contribution in [0.1, 0.15) is 15.9 Å². The number of hydrogen-bond donors (Lipinski definition) is 2. The Morgan fingerprint density at radius 1 is 1.29 bits per heavy atom. The van der Waals surface area contributed by atoms with Crippen molar-refractivity contribution in [2.75, 3.05) is 18.0 Å². The number of piperidine rings is 1. The minimum Gasteiger partial charge on any atom is -0.366 e. The second-order valence-corrected chi connectivity index (χ2v) is 7.05. The number of nitrogens with zero attached hydrogens (tertiary/aromatic N) is 3. The summed E-state index contributed by atoms with van der Waals surface area (Å²) in [5.74, 6) is 1.07. The smallest absolute Gasteiger partial charge is 0.251 e. The Morgan fingerprint density at radius 2 is 2.00 bits per heavy atom. The first-order valence-corrected chi connectivity index (χ1v) is 8.73. The summed E-state index contributed by atoms with van der Waals surface area (Å²) in [6.07, 6.45) is 3.35. The van der Waals surface area contributed by atoms with Crippen LogP contribution in [0.3, 0.4) is 0 Å². The molecule has 3 N–H and O–H groups in total. The zero-order chi connectivity index (χ0) is 16.7. The fourth-order valence-corrected chi connectivity index (χ4v) is 4.00. The van der Waals surface area contributed by atoms with E-state index < -0.39 is 5.91 Å². The van der Waals surface area contributed by atoms with Crippen molar-refractivity contribution >= 4 is 29.1 Å². The minimum atomic E-state index is -0.529. The topological polar surface area (TPSA) is 101 Å². The van der Waals surface area contributed by atoms with E-state index in [4.69, 9.17) is 5.73 Å². The average molecular weight is 343 g/mol. The summed E-state index contributed by atoms with van der Waals surface area (Å²) in [7, 11) is 0. The van der Waals surface area contributed by atoms with Crippen molar-refractivity contribution in [3.63, 3.8) is 0 Å². The molecule has 3 heterocycles. The van der Waals surface area contributed by atoms with Crippen molar-refractivity contribution < 1.29 is 9.59 Å². The molecule has 2 aliphatic rings. The highest BCUT2D eigenvalue weighted by Crippen LogP contribution is 2.46. The van der Waals surface area contributed by atoms with Crippen molar-refractivity contribution in [3.05, 3.63) is 40.3 Å². The van der Waals surface area contributed by atoms with Crippen molar-refractivity contribution in [3.8, 4) is 0 Å². The lowest BCUT2D eigenvalue weighted by molar-refractivity contribution is -0.120. The number of hydrogen-bond acceptors (Lipinski definition) is 6. The van der Waals surface area contributed by atoms with Crippen molar-refractivity contribution in [1.29, 1.82) is 0 Å². The summed E-state index contributed by atoms with van der Waals surface area (Å²) in [6, 6.07) is 2.24. The van der Waals surface area contributed by atoms with Crippen LogP contribution in [-0.4, -0.2) is 40.9 Å². The molecule has 0 aromatic carbocycles. The highest BCUT2D eigenvalue weighted by atomic mass is 32.1. The van der Waals surface area contributed by atoms with Crippen molar-refractivity contribution in [2.45, 2.75) is 12.5 Å². The lowest BCUT2D eigenvalue weighted by Crippen LogP contribution is -2.35. The molecule has 2 unspecified atom stereocenters.